The van der Waals surface area contributed by atoms with E-state index in [-0.39, 0.29) is 32.8 Å². The average molecular weight is 626 g/mol. The maximum atomic E-state index is 14.1. The van der Waals surface area contributed by atoms with E-state index >= 15 is 0 Å². The first-order valence-corrected chi connectivity index (χ1v) is 19.1. The van der Waals surface area contributed by atoms with Gasteiger partial charge in [-0.1, -0.05) is 76.3 Å². The van der Waals surface area contributed by atoms with Gasteiger partial charge < -0.3 is 9.80 Å². The van der Waals surface area contributed by atoms with E-state index in [1.165, 1.54) is 30.0 Å². The van der Waals surface area contributed by atoms with Gasteiger partial charge in [0, 0.05) is 45.7 Å². The molecule has 0 spiro atoms. The van der Waals surface area contributed by atoms with Crippen molar-refractivity contribution in [2.24, 2.45) is 0 Å². The normalized spacial score (nSPS) is 13.9. The zero-order valence-electron chi connectivity index (χ0n) is 26.4. The lowest BCUT2D eigenvalue weighted by Gasteiger charge is -2.31. The number of benzene rings is 2. The molecule has 3 heterocycles. The summed E-state index contributed by atoms with van der Waals surface area (Å²) in [5.41, 5.74) is 6.27. The molecule has 2 aromatic heterocycles. The minimum absolute atomic E-state index is 0.0126. The standard InChI is InChI=1S/C34H39N5O3SSi/c1-34(2,3)44(6,7)22-19-30-35-32(38-21-17-25-13-11-12-14-26(25)23-38)31-28(29(40)18-20-37(4)5)24-39(33(31)36-30)43(41,42)27-15-9-8-10-16-27/h8-16,18,20,24H,17,21,23H2,1-7H3/b20-18-. The lowest BCUT2D eigenvalue weighted by molar-refractivity contribution is 0.104. The van der Waals surface area contributed by atoms with Gasteiger partial charge in [-0.2, -0.15) is 0 Å². The highest BCUT2D eigenvalue weighted by molar-refractivity contribution is 7.90. The number of rotatable bonds is 6. The first-order valence-electron chi connectivity index (χ1n) is 14.7. The number of anilines is 1. The van der Waals surface area contributed by atoms with Crippen molar-refractivity contribution in [1.82, 2.24) is 18.8 Å². The molecule has 0 amide bonds. The van der Waals surface area contributed by atoms with Crippen molar-refractivity contribution in [1.29, 1.82) is 0 Å². The first-order chi connectivity index (χ1) is 20.7. The first kappa shape index (κ1) is 31.2. The summed E-state index contributed by atoms with van der Waals surface area (Å²) in [5, 5.41) is 0.411. The molecule has 0 radical (unpaired) electrons. The molecule has 0 aliphatic carbocycles. The third-order valence-electron chi connectivity index (χ3n) is 8.48. The molecule has 0 saturated carbocycles. The highest BCUT2D eigenvalue weighted by Gasteiger charge is 2.34. The van der Waals surface area contributed by atoms with Gasteiger partial charge in [-0.05, 0) is 40.6 Å². The number of hydrogen-bond acceptors (Lipinski definition) is 7. The van der Waals surface area contributed by atoms with Crippen LogP contribution in [0.25, 0.3) is 11.0 Å². The van der Waals surface area contributed by atoms with Crippen LogP contribution >= 0.6 is 0 Å². The summed E-state index contributed by atoms with van der Waals surface area (Å²) in [6.45, 7) is 12.2. The average Bonchev–Trinajstić information content (AvgIpc) is 3.38. The third kappa shape index (κ3) is 6.07. The Morgan fingerprint density at radius 3 is 2.32 bits per heavy atom. The predicted octanol–water partition coefficient (Wildman–Crippen LogP) is 5.89. The summed E-state index contributed by atoms with van der Waals surface area (Å²) in [5.74, 6) is 3.63. The van der Waals surface area contributed by atoms with Crippen molar-refractivity contribution in [2.45, 2.75) is 56.8 Å². The largest absolute Gasteiger partial charge is 0.383 e. The van der Waals surface area contributed by atoms with Crippen LogP contribution in [-0.2, 0) is 23.0 Å². The molecule has 5 rings (SSSR count). The molecule has 0 fully saturated rings. The van der Waals surface area contributed by atoms with E-state index in [2.05, 4.69) is 62.4 Å². The van der Waals surface area contributed by atoms with Crippen LogP contribution in [0, 0.1) is 11.5 Å². The van der Waals surface area contributed by atoms with Crippen LogP contribution in [0.1, 0.15) is 48.1 Å². The Kier molecular flexibility index (Phi) is 8.31. The number of hydrogen-bond donors (Lipinski definition) is 0. The van der Waals surface area contributed by atoms with Gasteiger partial charge in [0.05, 0.1) is 15.8 Å². The number of aromatic nitrogens is 3. The van der Waals surface area contributed by atoms with Crippen molar-refractivity contribution >= 4 is 40.7 Å². The molecule has 44 heavy (non-hydrogen) atoms. The fourth-order valence-electron chi connectivity index (χ4n) is 4.82. The molecule has 0 bridgehead atoms. The maximum absolute atomic E-state index is 14.1. The molecule has 0 N–H and O–H groups in total. The van der Waals surface area contributed by atoms with E-state index in [1.807, 2.05) is 26.2 Å². The van der Waals surface area contributed by atoms with E-state index in [9.17, 15) is 13.2 Å². The van der Waals surface area contributed by atoms with Gasteiger partial charge in [-0.15, -0.1) is 5.54 Å². The Labute approximate surface area is 261 Å². The molecule has 4 aromatic rings. The summed E-state index contributed by atoms with van der Waals surface area (Å²) in [6.07, 6.45) is 5.26. The van der Waals surface area contributed by atoms with Crippen LogP contribution in [0.15, 0.2) is 78.0 Å². The summed E-state index contributed by atoms with van der Waals surface area (Å²) in [7, 11) is -2.51. The molecule has 228 valence electrons. The van der Waals surface area contributed by atoms with Crippen molar-refractivity contribution in [3.05, 3.63) is 95.6 Å². The highest BCUT2D eigenvalue weighted by Crippen LogP contribution is 2.36. The minimum atomic E-state index is -4.11. The van der Waals surface area contributed by atoms with Crippen molar-refractivity contribution in [3.8, 4) is 11.5 Å². The lowest BCUT2D eigenvalue weighted by atomic mass is 9.99. The van der Waals surface area contributed by atoms with Gasteiger partial charge in [0.2, 0.25) is 5.82 Å². The van der Waals surface area contributed by atoms with Crippen molar-refractivity contribution < 1.29 is 13.2 Å². The number of ketones is 1. The highest BCUT2D eigenvalue weighted by atomic mass is 32.2. The smallest absolute Gasteiger partial charge is 0.269 e. The number of nitrogens with zero attached hydrogens (tertiary/aromatic N) is 5. The predicted molar refractivity (Wildman–Crippen MR) is 179 cm³/mol. The van der Waals surface area contributed by atoms with E-state index in [0.717, 1.165) is 16.0 Å². The Morgan fingerprint density at radius 2 is 1.66 bits per heavy atom. The molecule has 1 aliphatic rings. The Hall–Kier alpha value is -4.20. The van der Waals surface area contributed by atoms with Gasteiger partial charge in [0.1, 0.15) is 13.9 Å². The van der Waals surface area contributed by atoms with Gasteiger partial charge >= 0.3 is 0 Å². The summed E-state index contributed by atoms with van der Waals surface area (Å²) < 4.78 is 29.3. The molecule has 0 saturated heterocycles. The Morgan fingerprint density at radius 1 is 1.00 bits per heavy atom. The van der Waals surface area contributed by atoms with Crippen molar-refractivity contribution in [3.63, 3.8) is 0 Å². The number of carbonyl (C=O) groups excluding carboxylic acids is 1. The van der Waals surface area contributed by atoms with Gasteiger partial charge in [0.25, 0.3) is 10.0 Å². The second-order valence-corrected chi connectivity index (χ2v) is 19.7. The maximum Gasteiger partial charge on any atom is 0.269 e. The van der Waals surface area contributed by atoms with Crippen molar-refractivity contribution in [2.75, 3.05) is 25.5 Å². The number of carbonyl (C=O) groups is 1. The molecule has 8 nitrogen and oxygen atoms in total. The summed E-state index contributed by atoms with van der Waals surface area (Å²) >= 11 is 0. The number of allylic oxidation sites excluding steroid dienone is 1. The van der Waals surface area contributed by atoms with Crippen LogP contribution in [-0.4, -0.2) is 61.8 Å². The molecule has 0 atom stereocenters. The molecule has 1 aliphatic heterocycles. The molecule has 0 unspecified atom stereocenters. The third-order valence-corrected chi connectivity index (χ3v) is 14.6. The lowest BCUT2D eigenvalue weighted by Crippen LogP contribution is -2.35. The van der Waals surface area contributed by atoms with E-state index < -0.39 is 18.1 Å². The van der Waals surface area contributed by atoms with E-state index in [0.29, 0.717) is 24.3 Å². The summed E-state index contributed by atoms with van der Waals surface area (Å²) in [6, 6.07) is 16.4. The van der Waals surface area contributed by atoms with Crippen LogP contribution in [0.4, 0.5) is 5.82 Å². The fourth-order valence-corrected chi connectivity index (χ4v) is 6.96. The molecular weight excluding hydrogens is 587 g/mol. The zero-order chi connectivity index (χ0) is 31.9. The van der Waals surface area contributed by atoms with Gasteiger partial charge in [-0.25, -0.2) is 22.4 Å². The summed E-state index contributed by atoms with van der Waals surface area (Å²) in [4.78, 5) is 27.4. The Bertz CT molecular complexity index is 1930. The topological polar surface area (TPSA) is 88.4 Å². The zero-order valence-corrected chi connectivity index (χ0v) is 28.2. The SMILES string of the molecule is CN(C)/C=C\C(=O)c1cn(S(=O)(=O)c2ccccc2)c2nc(C#C[Si](C)(C)C(C)(C)C)nc(N3CCc4ccccc4C3)c12. The minimum Gasteiger partial charge on any atom is -0.383 e. The van der Waals surface area contributed by atoms with Crippen LogP contribution < -0.4 is 4.90 Å². The second-order valence-electron chi connectivity index (χ2n) is 12.9. The second kappa shape index (κ2) is 11.7. The molecule has 2 aromatic carbocycles. The van der Waals surface area contributed by atoms with E-state index in [1.54, 1.807) is 29.3 Å². The monoisotopic (exact) mass is 625 g/mol. The van der Waals surface area contributed by atoms with Crippen LogP contribution in [0.3, 0.4) is 0 Å². The number of fused-ring (bicyclic) bond motifs is 2. The quantitative estimate of drug-likeness (QED) is 0.114. The van der Waals surface area contributed by atoms with Crippen LogP contribution in [0.2, 0.25) is 18.1 Å². The molecular formula is C34H39N5O3SSi. The van der Waals surface area contributed by atoms with Crippen LogP contribution in [0.5, 0.6) is 0 Å². The van der Waals surface area contributed by atoms with Gasteiger partial charge in [0.15, 0.2) is 11.4 Å². The van der Waals surface area contributed by atoms with Gasteiger partial charge in [-0.3, -0.25) is 4.79 Å². The van der Waals surface area contributed by atoms with E-state index in [4.69, 9.17) is 9.97 Å². The fraction of sp³-hybridized carbons (Fsp3) is 0.324. The Balaban J connectivity index is 1.82. The molecule has 10 heteroatoms.